The van der Waals surface area contributed by atoms with Crippen molar-refractivity contribution in [3.05, 3.63) is 0 Å². The van der Waals surface area contributed by atoms with Crippen LogP contribution in [0.3, 0.4) is 0 Å². The van der Waals surface area contributed by atoms with Crippen molar-refractivity contribution in [1.29, 1.82) is 0 Å². The number of nitrogens with one attached hydrogen (secondary N) is 1. The third-order valence-electron chi connectivity index (χ3n) is 4.40. The van der Waals surface area contributed by atoms with Crippen molar-refractivity contribution in [2.45, 2.75) is 51.0 Å². The number of carboxylic acids is 1. The molecular formula is C12H22N2O4S. The smallest absolute Gasteiger partial charge is 0.325 e. The Labute approximate surface area is 114 Å². The van der Waals surface area contributed by atoms with Crippen LogP contribution in [0.5, 0.6) is 0 Å². The van der Waals surface area contributed by atoms with Crippen molar-refractivity contribution < 1.29 is 18.3 Å². The Hall–Kier alpha value is -0.660. The Morgan fingerprint density at radius 2 is 1.89 bits per heavy atom. The van der Waals surface area contributed by atoms with Gasteiger partial charge in [0.2, 0.25) is 0 Å². The highest BCUT2D eigenvalue weighted by Gasteiger charge is 2.49. The highest BCUT2D eigenvalue weighted by Crippen LogP contribution is 2.35. The summed E-state index contributed by atoms with van der Waals surface area (Å²) in [6, 6.07) is 0. The lowest BCUT2D eigenvalue weighted by atomic mass is 9.74. The van der Waals surface area contributed by atoms with Crippen LogP contribution in [0.4, 0.5) is 0 Å². The van der Waals surface area contributed by atoms with Crippen LogP contribution in [0.1, 0.15) is 45.4 Å². The van der Waals surface area contributed by atoms with Crippen LogP contribution in [-0.4, -0.2) is 42.4 Å². The molecule has 0 aromatic carbocycles. The second kappa shape index (κ2) is 5.38. The Balaban J connectivity index is 2.23. The zero-order chi connectivity index (χ0) is 14.1. The van der Waals surface area contributed by atoms with Crippen LogP contribution in [0.15, 0.2) is 0 Å². The summed E-state index contributed by atoms with van der Waals surface area (Å²) in [6.07, 6.45) is 4.51. The minimum atomic E-state index is -3.69. The topological polar surface area (TPSA) is 86.7 Å². The first-order valence-corrected chi connectivity index (χ1v) is 8.35. The molecular weight excluding hydrogens is 268 g/mol. The van der Waals surface area contributed by atoms with Gasteiger partial charge in [-0.05, 0) is 31.6 Å². The third kappa shape index (κ3) is 2.78. The molecule has 6 nitrogen and oxygen atoms in total. The highest BCUT2D eigenvalue weighted by molar-refractivity contribution is 7.87. The van der Waals surface area contributed by atoms with Crippen molar-refractivity contribution >= 4 is 16.2 Å². The fourth-order valence-corrected chi connectivity index (χ4v) is 4.80. The molecule has 110 valence electrons. The van der Waals surface area contributed by atoms with Crippen molar-refractivity contribution in [1.82, 2.24) is 9.03 Å². The minimum absolute atomic E-state index is 0.184. The molecule has 0 bridgehead atoms. The van der Waals surface area contributed by atoms with E-state index in [4.69, 9.17) is 0 Å². The van der Waals surface area contributed by atoms with Crippen LogP contribution < -0.4 is 4.72 Å². The van der Waals surface area contributed by atoms with Crippen LogP contribution in [-0.2, 0) is 15.0 Å². The third-order valence-corrected chi connectivity index (χ3v) is 6.06. The van der Waals surface area contributed by atoms with E-state index in [0.717, 1.165) is 32.1 Å². The van der Waals surface area contributed by atoms with E-state index in [1.54, 1.807) is 0 Å². The molecule has 2 aliphatic rings. The molecule has 2 unspecified atom stereocenters. The Bertz CT molecular complexity index is 445. The molecule has 7 heteroatoms. The van der Waals surface area contributed by atoms with Crippen LogP contribution in [0, 0.1) is 5.92 Å². The molecule has 19 heavy (non-hydrogen) atoms. The van der Waals surface area contributed by atoms with Gasteiger partial charge < -0.3 is 5.11 Å². The standard InChI is InChI=1S/C12H22N2O4S/c1-10-6-2-3-7-12(10,11(15)16)13-19(17,18)14-8-4-5-9-14/h10,13H,2-9H2,1H3,(H,15,16). The number of hydrogen-bond acceptors (Lipinski definition) is 3. The monoisotopic (exact) mass is 290 g/mol. The zero-order valence-electron chi connectivity index (χ0n) is 11.3. The van der Waals surface area contributed by atoms with Crippen LogP contribution >= 0.6 is 0 Å². The van der Waals surface area contributed by atoms with E-state index < -0.39 is 21.7 Å². The van der Waals surface area contributed by atoms with E-state index in [0.29, 0.717) is 19.5 Å². The normalized spacial score (nSPS) is 33.4. The summed E-state index contributed by atoms with van der Waals surface area (Å²) in [4.78, 5) is 11.6. The van der Waals surface area contributed by atoms with Crippen molar-refractivity contribution in [3.8, 4) is 0 Å². The minimum Gasteiger partial charge on any atom is -0.480 e. The Kier molecular flexibility index (Phi) is 4.17. The average molecular weight is 290 g/mol. The molecule has 0 spiro atoms. The molecule has 1 heterocycles. The van der Waals surface area contributed by atoms with E-state index in [1.165, 1.54) is 4.31 Å². The first kappa shape index (κ1) is 14.7. The van der Waals surface area contributed by atoms with Gasteiger partial charge in [-0.1, -0.05) is 19.8 Å². The first-order chi connectivity index (χ1) is 8.88. The molecule has 0 amide bonds. The fraction of sp³-hybridized carbons (Fsp3) is 0.917. The predicted molar refractivity (Wildman–Crippen MR) is 70.9 cm³/mol. The van der Waals surface area contributed by atoms with Gasteiger partial charge in [0.15, 0.2) is 0 Å². The van der Waals surface area contributed by atoms with Gasteiger partial charge in [-0.2, -0.15) is 17.4 Å². The van der Waals surface area contributed by atoms with Gasteiger partial charge >= 0.3 is 5.97 Å². The lowest BCUT2D eigenvalue weighted by Gasteiger charge is -2.40. The fourth-order valence-electron chi connectivity index (χ4n) is 3.08. The number of aliphatic carboxylic acids is 1. The molecule has 2 rings (SSSR count). The molecule has 1 aliphatic heterocycles. The van der Waals surface area contributed by atoms with Crippen molar-refractivity contribution in [3.63, 3.8) is 0 Å². The molecule has 0 radical (unpaired) electrons. The van der Waals surface area contributed by atoms with E-state index in [-0.39, 0.29) is 5.92 Å². The molecule has 2 N–H and O–H groups in total. The van der Waals surface area contributed by atoms with Crippen molar-refractivity contribution in [2.75, 3.05) is 13.1 Å². The lowest BCUT2D eigenvalue weighted by Crippen LogP contribution is -2.62. The lowest BCUT2D eigenvalue weighted by molar-refractivity contribution is -0.147. The molecule has 2 atom stereocenters. The summed E-state index contributed by atoms with van der Waals surface area (Å²) < 4.78 is 28.5. The number of rotatable bonds is 4. The van der Waals surface area contributed by atoms with Gasteiger partial charge in [0.05, 0.1) is 0 Å². The van der Waals surface area contributed by atoms with Gasteiger partial charge in [0.25, 0.3) is 10.2 Å². The maximum atomic E-state index is 12.3. The second-order valence-corrected chi connectivity index (χ2v) is 7.31. The molecule has 1 aliphatic carbocycles. The number of carbonyl (C=O) groups is 1. The molecule has 1 saturated heterocycles. The van der Waals surface area contributed by atoms with E-state index in [9.17, 15) is 18.3 Å². The average Bonchev–Trinajstić information content (AvgIpc) is 2.86. The maximum Gasteiger partial charge on any atom is 0.325 e. The van der Waals surface area contributed by atoms with Gasteiger partial charge in [-0.25, -0.2) is 0 Å². The molecule has 0 aromatic rings. The number of nitrogens with zero attached hydrogens (tertiary/aromatic N) is 1. The molecule has 0 aromatic heterocycles. The summed E-state index contributed by atoms with van der Waals surface area (Å²) in [5.74, 6) is -1.24. The van der Waals surface area contributed by atoms with Gasteiger partial charge in [0.1, 0.15) is 5.54 Å². The second-order valence-electron chi connectivity index (χ2n) is 5.64. The maximum absolute atomic E-state index is 12.3. The van der Waals surface area contributed by atoms with E-state index >= 15 is 0 Å². The Morgan fingerprint density at radius 3 is 2.42 bits per heavy atom. The van der Waals surface area contributed by atoms with Gasteiger partial charge in [-0.15, -0.1) is 0 Å². The Morgan fingerprint density at radius 1 is 1.26 bits per heavy atom. The first-order valence-electron chi connectivity index (χ1n) is 6.91. The quantitative estimate of drug-likeness (QED) is 0.807. The summed E-state index contributed by atoms with van der Waals surface area (Å²) in [5.41, 5.74) is -1.33. The molecule has 2 fully saturated rings. The zero-order valence-corrected chi connectivity index (χ0v) is 12.1. The number of carboxylic acid groups (broad SMARTS) is 1. The van der Waals surface area contributed by atoms with E-state index in [1.807, 2.05) is 6.92 Å². The largest absolute Gasteiger partial charge is 0.480 e. The highest BCUT2D eigenvalue weighted by atomic mass is 32.2. The molecule has 1 saturated carbocycles. The van der Waals surface area contributed by atoms with E-state index in [2.05, 4.69) is 4.72 Å². The summed E-state index contributed by atoms with van der Waals surface area (Å²) in [7, 11) is -3.69. The van der Waals surface area contributed by atoms with Gasteiger partial charge in [-0.3, -0.25) is 4.79 Å². The van der Waals surface area contributed by atoms with Crippen LogP contribution in [0.25, 0.3) is 0 Å². The summed E-state index contributed by atoms with van der Waals surface area (Å²) in [6.45, 7) is 2.79. The SMILES string of the molecule is CC1CCCCC1(NS(=O)(=O)N1CCCC1)C(=O)O. The summed E-state index contributed by atoms with van der Waals surface area (Å²) in [5, 5.41) is 9.52. The van der Waals surface area contributed by atoms with Crippen molar-refractivity contribution in [2.24, 2.45) is 5.92 Å². The summed E-state index contributed by atoms with van der Waals surface area (Å²) >= 11 is 0. The number of hydrogen-bond donors (Lipinski definition) is 2. The predicted octanol–water partition coefficient (Wildman–Crippen LogP) is 0.950. The van der Waals surface area contributed by atoms with Gasteiger partial charge in [0, 0.05) is 13.1 Å². The van der Waals surface area contributed by atoms with Crippen LogP contribution in [0.2, 0.25) is 0 Å².